The predicted molar refractivity (Wildman–Crippen MR) is 66.7 cm³/mol. The van der Waals surface area contributed by atoms with Crippen molar-refractivity contribution in [2.24, 2.45) is 5.73 Å². The third-order valence-electron chi connectivity index (χ3n) is 3.33. The molecule has 0 spiro atoms. The molecule has 2 unspecified atom stereocenters. The van der Waals surface area contributed by atoms with Gasteiger partial charge < -0.3 is 10.5 Å². The lowest BCUT2D eigenvalue weighted by Gasteiger charge is -2.26. The Morgan fingerprint density at radius 1 is 1.53 bits per heavy atom. The maximum absolute atomic E-state index is 11.8. The van der Waals surface area contributed by atoms with Gasteiger partial charge in [-0.15, -0.1) is 0 Å². The minimum Gasteiger partial charge on any atom is -0.373 e. The number of Topliss-reactive ketones (excluding diaryl/α,β-unsaturated/α-hetero) is 1. The van der Waals surface area contributed by atoms with Crippen molar-refractivity contribution < 1.29 is 9.53 Å². The second-order valence-corrected chi connectivity index (χ2v) is 4.49. The van der Waals surface area contributed by atoms with Crippen molar-refractivity contribution in [2.75, 3.05) is 6.61 Å². The van der Waals surface area contributed by atoms with Gasteiger partial charge in [0.15, 0.2) is 5.78 Å². The quantitative estimate of drug-likeness (QED) is 0.865. The zero-order valence-electron chi connectivity index (χ0n) is 10.2. The smallest absolute Gasteiger partial charge is 0.152 e. The van der Waals surface area contributed by atoms with Crippen LogP contribution in [0.15, 0.2) is 24.3 Å². The molecule has 92 valence electrons. The van der Waals surface area contributed by atoms with E-state index in [0.29, 0.717) is 19.4 Å². The lowest BCUT2D eigenvalue weighted by Crippen LogP contribution is -2.32. The van der Waals surface area contributed by atoms with Gasteiger partial charge in [-0.25, -0.2) is 0 Å². The van der Waals surface area contributed by atoms with E-state index in [-0.39, 0.29) is 17.9 Å². The first-order valence-corrected chi connectivity index (χ1v) is 6.20. The minimum atomic E-state index is -0.354. The lowest BCUT2D eigenvalue weighted by atomic mass is 9.93. The van der Waals surface area contributed by atoms with Gasteiger partial charge in [-0.2, -0.15) is 0 Å². The van der Waals surface area contributed by atoms with Crippen LogP contribution in [0.4, 0.5) is 0 Å². The molecule has 0 radical (unpaired) electrons. The first kappa shape index (κ1) is 12.3. The molecular weight excluding hydrogens is 214 g/mol. The standard InChI is InChI=1S/C14H19NO2/c1-2-12(15)13(16)9-14-11-6-4-3-5-10(11)7-8-17-14/h3-6,12,14H,2,7-9,15H2,1H3. The average Bonchev–Trinajstić information content (AvgIpc) is 2.38. The number of ketones is 1. The predicted octanol–water partition coefficient (Wildman–Crippen LogP) is 2.00. The molecule has 2 atom stereocenters. The number of hydrogen-bond donors (Lipinski definition) is 1. The maximum atomic E-state index is 11.8. The molecule has 17 heavy (non-hydrogen) atoms. The monoisotopic (exact) mass is 233 g/mol. The summed E-state index contributed by atoms with van der Waals surface area (Å²) in [5.41, 5.74) is 8.19. The highest BCUT2D eigenvalue weighted by molar-refractivity contribution is 5.84. The lowest BCUT2D eigenvalue weighted by molar-refractivity contribution is -0.123. The van der Waals surface area contributed by atoms with Crippen LogP contribution in [-0.4, -0.2) is 18.4 Å². The van der Waals surface area contributed by atoms with Crippen LogP contribution >= 0.6 is 0 Å². The summed E-state index contributed by atoms with van der Waals surface area (Å²) in [6, 6.07) is 7.82. The van der Waals surface area contributed by atoms with Gasteiger partial charge in [-0.1, -0.05) is 31.2 Å². The highest BCUT2D eigenvalue weighted by Crippen LogP contribution is 2.29. The van der Waals surface area contributed by atoms with Crippen LogP contribution in [0.3, 0.4) is 0 Å². The van der Waals surface area contributed by atoms with Crippen molar-refractivity contribution in [3.8, 4) is 0 Å². The van der Waals surface area contributed by atoms with Gasteiger partial charge in [0, 0.05) is 6.42 Å². The van der Waals surface area contributed by atoms with Crippen molar-refractivity contribution in [2.45, 2.75) is 38.3 Å². The number of hydrogen-bond acceptors (Lipinski definition) is 3. The molecule has 3 heteroatoms. The molecule has 3 nitrogen and oxygen atoms in total. The van der Waals surface area contributed by atoms with Gasteiger partial charge in [0.25, 0.3) is 0 Å². The second kappa shape index (κ2) is 5.43. The fraction of sp³-hybridized carbons (Fsp3) is 0.500. The van der Waals surface area contributed by atoms with Crippen molar-refractivity contribution in [1.82, 2.24) is 0 Å². The molecule has 2 N–H and O–H groups in total. The minimum absolute atomic E-state index is 0.0919. The van der Waals surface area contributed by atoms with Crippen LogP contribution in [0.1, 0.15) is 37.0 Å². The molecular formula is C14H19NO2. The molecule has 0 saturated heterocycles. The normalized spacial score (nSPS) is 20.7. The SMILES string of the molecule is CCC(N)C(=O)CC1OCCc2ccccc21. The van der Waals surface area contributed by atoms with Crippen molar-refractivity contribution in [3.63, 3.8) is 0 Å². The van der Waals surface area contributed by atoms with E-state index in [4.69, 9.17) is 10.5 Å². The van der Waals surface area contributed by atoms with Gasteiger partial charge in [0.1, 0.15) is 0 Å². The molecule has 0 amide bonds. The van der Waals surface area contributed by atoms with Crippen LogP contribution in [0.2, 0.25) is 0 Å². The Labute approximate surface area is 102 Å². The fourth-order valence-electron chi connectivity index (χ4n) is 2.21. The molecule has 2 rings (SSSR count). The summed E-state index contributed by atoms with van der Waals surface area (Å²) < 4.78 is 5.69. The summed E-state index contributed by atoms with van der Waals surface area (Å²) in [5, 5.41) is 0. The molecule has 0 saturated carbocycles. The third-order valence-corrected chi connectivity index (χ3v) is 3.33. The molecule has 1 aliphatic heterocycles. The van der Waals surface area contributed by atoms with E-state index in [1.165, 1.54) is 5.56 Å². The van der Waals surface area contributed by atoms with Gasteiger partial charge >= 0.3 is 0 Å². The number of benzene rings is 1. The van der Waals surface area contributed by atoms with Crippen LogP contribution in [0.25, 0.3) is 0 Å². The van der Waals surface area contributed by atoms with E-state index in [1.54, 1.807) is 0 Å². The summed E-state index contributed by atoms with van der Waals surface area (Å²) >= 11 is 0. The van der Waals surface area contributed by atoms with E-state index >= 15 is 0 Å². The zero-order chi connectivity index (χ0) is 12.3. The van der Waals surface area contributed by atoms with Gasteiger partial charge in [0.2, 0.25) is 0 Å². The number of rotatable bonds is 4. The van der Waals surface area contributed by atoms with Crippen molar-refractivity contribution in [1.29, 1.82) is 0 Å². The van der Waals surface area contributed by atoms with Gasteiger partial charge in [-0.05, 0) is 24.0 Å². The molecule has 0 fully saturated rings. The molecule has 1 aromatic rings. The maximum Gasteiger partial charge on any atom is 0.152 e. The molecule has 1 heterocycles. The van der Waals surface area contributed by atoms with Gasteiger partial charge in [0.05, 0.1) is 18.8 Å². The Hall–Kier alpha value is -1.19. The van der Waals surface area contributed by atoms with E-state index in [9.17, 15) is 4.79 Å². The number of carbonyl (C=O) groups is 1. The third kappa shape index (κ3) is 2.73. The van der Waals surface area contributed by atoms with Crippen LogP contribution in [-0.2, 0) is 16.0 Å². The van der Waals surface area contributed by atoms with Crippen molar-refractivity contribution in [3.05, 3.63) is 35.4 Å². The Bertz CT molecular complexity index is 403. The number of ether oxygens (including phenoxy) is 1. The van der Waals surface area contributed by atoms with E-state index < -0.39 is 0 Å². The molecule has 1 aliphatic rings. The molecule has 0 aliphatic carbocycles. The number of fused-ring (bicyclic) bond motifs is 1. The zero-order valence-corrected chi connectivity index (χ0v) is 10.2. The number of nitrogens with two attached hydrogens (primary N) is 1. The van der Waals surface area contributed by atoms with Crippen LogP contribution < -0.4 is 5.73 Å². The first-order valence-electron chi connectivity index (χ1n) is 6.20. The van der Waals surface area contributed by atoms with Crippen molar-refractivity contribution >= 4 is 5.78 Å². The Kier molecular flexibility index (Phi) is 3.92. The highest BCUT2D eigenvalue weighted by Gasteiger charge is 2.24. The Balaban J connectivity index is 2.11. The highest BCUT2D eigenvalue weighted by atomic mass is 16.5. The van der Waals surface area contributed by atoms with E-state index in [2.05, 4.69) is 6.07 Å². The molecule has 0 aromatic heterocycles. The average molecular weight is 233 g/mol. The number of carbonyl (C=O) groups excluding carboxylic acids is 1. The largest absolute Gasteiger partial charge is 0.373 e. The topological polar surface area (TPSA) is 52.3 Å². The van der Waals surface area contributed by atoms with Crippen LogP contribution in [0, 0.1) is 0 Å². The van der Waals surface area contributed by atoms with Crippen LogP contribution in [0.5, 0.6) is 0 Å². The molecule has 0 bridgehead atoms. The van der Waals surface area contributed by atoms with E-state index in [0.717, 1.165) is 12.0 Å². The first-order chi connectivity index (χ1) is 8.22. The summed E-state index contributed by atoms with van der Waals surface area (Å²) in [5.74, 6) is 0.0919. The van der Waals surface area contributed by atoms with Gasteiger partial charge in [-0.3, -0.25) is 4.79 Å². The summed E-state index contributed by atoms with van der Waals surface area (Å²) in [4.78, 5) is 11.8. The fourth-order valence-corrected chi connectivity index (χ4v) is 2.21. The summed E-state index contributed by atoms with van der Waals surface area (Å²) in [7, 11) is 0. The Morgan fingerprint density at radius 3 is 3.06 bits per heavy atom. The summed E-state index contributed by atoms with van der Waals surface area (Å²) in [6.45, 7) is 2.62. The van der Waals surface area contributed by atoms with E-state index in [1.807, 2.05) is 25.1 Å². The molecule has 1 aromatic carbocycles. The summed E-state index contributed by atoms with van der Waals surface area (Å²) in [6.07, 6.45) is 1.91. The second-order valence-electron chi connectivity index (χ2n) is 4.49. The Morgan fingerprint density at radius 2 is 2.29 bits per heavy atom.